The maximum absolute atomic E-state index is 14.1. The largest absolute Gasteiger partial charge is 0.487 e. The van der Waals surface area contributed by atoms with Gasteiger partial charge in [0.2, 0.25) is 11.8 Å². The molecule has 0 spiro atoms. The molecule has 1 aromatic carbocycles. The van der Waals surface area contributed by atoms with E-state index in [2.05, 4.69) is 10.3 Å². The maximum atomic E-state index is 14.1. The Kier molecular flexibility index (Phi) is 7.97. The molecule has 0 unspecified atom stereocenters. The van der Waals surface area contributed by atoms with Crippen molar-refractivity contribution in [3.05, 3.63) is 39.7 Å². The van der Waals surface area contributed by atoms with E-state index in [-0.39, 0.29) is 42.3 Å². The molecule has 1 aromatic heterocycles. The SMILES string of the molecule is C[C@H]1CC(=O)N(C[C@@H]2c3c(OCc4nnn(C)c4C(F)F)ccc(Cl)c3CCN2C(=O)[C@@H]2CCC[C@]2(C)C(=O)O)C1. The molecule has 3 heterocycles. The van der Waals surface area contributed by atoms with Crippen LogP contribution in [0.5, 0.6) is 5.75 Å². The fraction of sp³-hybridized carbons (Fsp3) is 0.607. The number of halogens is 3. The second kappa shape index (κ2) is 11.2. The molecule has 10 nitrogen and oxygen atoms in total. The van der Waals surface area contributed by atoms with Crippen molar-refractivity contribution in [2.24, 2.45) is 24.3 Å². The number of carboxylic acid groups (broad SMARTS) is 1. The Morgan fingerprint density at radius 1 is 1.32 bits per heavy atom. The lowest BCUT2D eigenvalue weighted by atomic mass is 9.78. The number of alkyl halides is 2. The molecule has 1 N–H and O–H groups in total. The number of amides is 2. The van der Waals surface area contributed by atoms with Crippen molar-refractivity contribution in [3.63, 3.8) is 0 Å². The zero-order chi connectivity index (χ0) is 29.6. The summed E-state index contributed by atoms with van der Waals surface area (Å²) in [7, 11) is 1.38. The van der Waals surface area contributed by atoms with Crippen molar-refractivity contribution in [3.8, 4) is 5.75 Å². The van der Waals surface area contributed by atoms with Gasteiger partial charge in [0.1, 0.15) is 23.7 Å². The number of aromatic nitrogens is 3. The van der Waals surface area contributed by atoms with Crippen molar-refractivity contribution in [1.82, 2.24) is 24.8 Å². The van der Waals surface area contributed by atoms with Gasteiger partial charge in [-0.1, -0.05) is 30.2 Å². The highest BCUT2D eigenvalue weighted by molar-refractivity contribution is 6.31. The van der Waals surface area contributed by atoms with Gasteiger partial charge >= 0.3 is 5.97 Å². The van der Waals surface area contributed by atoms with Crippen molar-refractivity contribution < 1.29 is 33.0 Å². The first-order valence-electron chi connectivity index (χ1n) is 13.8. The van der Waals surface area contributed by atoms with Gasteiger partial charge in [-0.05, 0) is 49.8 Å². The van der Waals surface area contributed by atoms with Crippen LogP contribution in [-0.2, 0) is 34.5 Å². The van der Waals surface area contributed by atoms with Gasteiger partial charge in [-0.25, -0.2) is 13.5 Å². The molecular weight excluding hydrogens is 560 g/mol. The van der Waals surface area contributed by atoms with E-state index in [0.717, 1.165) is 10.2 Å². The second-order valence-corrected chi connectivity index (χ2v) is 12.1. The van der Waals surface area contributed by atoms with Gasteiger partial charge in [0.05, 0.1) is 17.4 Å². The van der Waals surface area contributed by atoms with Crippen LogP contribution in [0.2, 0.25) is 5.02 Å². The molecular formula is C28H34ClF2N5O5. The van der Waals surface area contributed by atoms with E-state index in [9.17, 15) is 28.3 Å². The maximum Gasteiger partial charge on any atom is 0.310 e. The summed E-state index contributed by atoms with van der Waals surface area (Å²) in [5.41, 5.74) is -0.212. The first-order chi connectivity index (χ1) is 19.4. The molecule has 1 saturated heterocycles. The van der Waals surface area contributed by atoms with Crippen LogP contribution in [0.4, 0.5) is 8.78 Å². The minimum atomic E-state index is -2.80. The monoisotopic (exact) mass is 593 g/mol. The lowest BCUT2D eigenvalue weighted by Gasteiger charge is -2.42. The summed E-state index contributed by atoms with van der Waals surface area (Å²) in [4.78, 5) is 42.6. The minimum Gasteiger partial charge on any atom is -0.487 e. The van der Waals surface area contributed by atoms with Gasteiger partial charge < -0.3 is 19.6 Å². The summed E-state index contributed by atoms with van der Waals surface area (Å²) >= 11 is 6.63. The Labute approximate surface area is 241 Å². The summed E-state index contributed by atoms with van der Waals surface area (Å²) < 4.78 is 34.4. The summed E-state index contributed by atoms with van der Waals surface area (Å²) in [6.45, 7) is 4.32. The highest BCUT2D eigenvalue weighted by Gasteiger charge is 2.51. The van der Waals surface area contributed by atoms with E-state index in [1.165, 1.54) is 7.05 Å². The van der Waals surface area contributed by atoms with Gasteiger partial charge in [0, 0.05) is 43.7 Å². The van der Waals surface area contributed by atoms with Gasteiger partial charge in [0.15, 0.2) is 0 Å². The summed E-state index contributed by atoms with van der Waals surface area (Å²) in [5.74, 6) is -1.53. The number of fused-ring (bicyclic) bond motifs is 1. The zero-order valence-corrected chi connectivity index (χ0v) is 24.0. The fourth-order valence-electron chi connectivity index (χ4n) is 6.66. The number of benzene rings is 1. The van der Waals surface area contributed by atoms with Gasteiger partial charge in [-0.3, -0.25) is 14.4 Å². The Hall–Kier alpha value is -3.28. The van der Waals surface area contributed by atoms with E-state index in [1.54, 1.807) is 28.9 Å². The molecule has 2 aromatic rings. The van der Waals surface area contributed by atoms with Crippen LogP contribution in [0.1, 0.15) is 74.5 Å². The van der Waals surface area contributed by atoms with Gasteiger partial charge in [-0.2, -0.15) is 0 Å². The molecule has 41 heavy (non-hydrogen) atoms. The Morgan fingerprint density at radius 3 is 2.73 bits per heavy atom. The van der Waals surface area contributed by atoms with E-state index in [0.29, 0.717) is 61.5 Å². The number of aryl methyl sites for hydroxylation is 1. The van der Waals surface area contributed by atoms with E-state index < -0.39 is 29.8 Å². The number of hydrogen-bond acceptors (Lipinski definition) is 6. The van der Waals surface area contributed by atoms with E-state index >= 15 is 0 Å². The third kappa shape index (κ3) is 5.26. The molecule has 2 fully saturated rings. The Bertz CT molecular complexity index is 1370. The second-order valence-electron chi connectivity index (χ2n) is 11.6. The number of carboxylic acids is 1. The summed E-state index contributed by atoms with van der Waals surface area (Å²) in [6.07, 6.45) is -0.523. The standard InChI is InChI=1S/C28H34ClF2N5O5/c1-15-11-22(37)35(12-15)13-20-23-16(8-10-36(20)26(38)17-5-4-9-28(17,2)27(39)40)18(29)6-7-21(23)41-14-19-24(25(30)31)34(3)33-32-19/h6-7,15,17,20,25H,4-5,8-14H2,1-3H3,(H,39,40)/t15-,17-,20+,28-/m0/s1. The quantitative estimate of drug-likeness (QED) is 0.488. The third-order valence-electron chi connectivity index (χ3n) is 8.92. The average Bonchev–Trinajstić information content (AvgIpc) is 3.59. The topological polar surface area (TPSA) is 118 Å². The van der Waals surface area contributed by atoms with Crippen LogP contribution in [0.15, 0.2) is 12.1 Å². The number of carbonyl (C=O) groups is 3. The van der Waals surface area contributed by atoms with Crippen molar-refractivity contribution in [2.45, 2.75) is 65.0 Å². The highest BCUT2D eigenvalue weighted by atomic mass is 35.5. The zero-order valence-electron chi connectivity index (χ0n) is 23.3. The minimum absolute atomic E-state index is 0.0155. The van der Waals surface area contributed by atoms with Crippen molar-refractivity contribution in [1.29, 1.82) is 0 Å². The highest BCUT2D eigenvalue weighted by Crippen LogP contribution is 2.47. The molecule has 13 heteroatoms. The van der Waals surface area contributed by atoms with Crippen LogP contribution < -0.4 is 4.74 Å². The van der Waals surface area contributed by atoms with Gasteiger partial charge in [-0.15, -0.1) is 5.10 Å². The van der Waals surface area contributed by atoms with Gasteiger partial charge in [0.25, 0.3) is 6.43 Å². The molecule has 1 aliphatic carbocycles. The summed E-state index contributed by atoms with van der Waals surface area (Å²) in [6, 6.07) is 2.63. The normalized spacial score (nSPS) is 26.1. The molecule has 222 valence electrons. The smallest absolute Gasteiger partial charge is 0.310 e. The number of aliphatic carboxylic acids is 1. The van der Waals surface area contributed by atoms with E-state index in [4.69, 9.17) is 16.3 Å². The third-order valence-corrected chi connectivity index (χ3v) is 9.27. The van der Waals surface area contributed by atoms with Crippen LogP contribution in [0.25, 0.3) is 0 Å². The fourth-order valence-corrected chi connectivity index (χ4v) is 6.92. The molecule has 0 bridgehead atoms. The molecule has 1 saturated carbocycles. The van der Waals surface area contributed by atoms with Crippen molar-refractivity contribution >= 4 is 29.4 Å². The lowest BCUT2D eigenvalue weighted by molar-refractivity contribution is -0.157. The Balaban J connectivity index is 1.54. The molecule has 2 amide bonds. The predicted octanol–water partition coefficient (Wildman–Crippen LogP) is 4.17. The van der Waals surface area contributed by atoms with Crippen molar-refractivity contribution in [2.75, 3.05) is 19.6 Å². The molecule has 4 atom stereocenters. The molecule has 0 radical (unpaired) electrons. The number of ether oxygens (including phenoxy) is 1. The number of carbonyl (C=O) groups excluding carboxylic acids is 2. The summed E-state index contributed by atoms with van der Waals surface area (Å²) in [5, 5.41) is 18.0. The number of hydrogen-bond donors (Lipinski definition) is 1. The number of likely N-dealkylation sites (tertiary alicyclic amines) is 1. The van der Waals surface area contributed by atoms with Crippen LogP contribution >= 0.6 is 11.6 Å². The molecule has 3 aliphatic rings. The van der Waals surface area contributed by atoms with E-state index in [1.807, 2.05) is 6.92 Å². The first kappa shape index (κ1) is 29.2. The molecule has 2 aliphatic heterocycles. The predicted molar refractivity (Wildman–Crippen MR) is 143 cm³/mol. The number of nitrogens with zero attached hydrogens (tertiary/aromatic N) is 5. The average molecular weight is 594 g/mol. The lowest BCUT2D eigenvalue weighted by Crippen LogP contribution is -2.50. The van der Waals surface area contributed by atoms with Crippen LogP contribution in [-0.4, -0.2) is 67.3 Å². The number of rotatable bonds is 8. The molecule has 5 rings (SSSR count). The Morgan fingerprint density at radius 2 is 2.07 bits per heavy atom. The van der Waals surface area contributed by atoms with Crippen LogP contribution in [0.3, 0.4) is 0 Å². The first-order valence-corrected chi connectivity index (χ1v) is 14.2. The van der Waals surface area contributed by atoms with Crippen LogP contribution in [0, 0.1) is 17.3 Å².